The maximum Gasteiger partial charge on any atom is 0.336 e. The summed E-state index contributed by atoms with van der Waals surface area (Å²) in [7, 11) is -4.31. The fourth-order valence-electron chi connectivity index (χ4n) is 3.38. The van der Waals surface area contributed by atoms with Crippen LogP contribution < -0.4 is 4.90 Å². The van der Waals surface area contributed by atoms with Gasteiger partial charge >= 0.3 is 10.3 Å². The topological polar surface area (TPSA) is 81.1 Å². The molecule has 2 rings (SSSR count). The molecule has 0 heterocycles. The van der Waals surface area contributed by atoms with Crippen LogP contribution in [0.3, 0.4) is 0 Å². The van der Waals surface area contributed by atoms with Gasteiger partial charge < -0.3 is 10.0 Å². The fraction of sp³-hybridized carbons (Fsp3) is 0.647. The Balaban J connectivity index is 0.00000312. The molecule has 0 amide bonds. The van der Waals surface area contributed by atoms with Gasteiger partial charge in [-0.15, -0.1) is 12.4 Å². The fourth-order valence-corrected chi connectivity index (χ4v) is 4.32. The number of para-hydroxylation sites is 1. The van der Waals surface area contributed by atoms with E-state index >= 15 is 0 Å². The van der Waals surface area contributed by atoms with Crippen molar-refractivity contribution in [3.63, 3.8) is 0 Å². The molecule has 1 aliphatic carbocycles. The largest absolute Gasteiger partial charge is 0.390 e. The van der Waals surface area contributed by atoms with Crippen LogP contribution in [0.2, 0.25) is 0 Å². The Morgan fingerprint density at radius 2 is 1.72 bits per heavy atom. The molecule has 1 unspecified atom stereocenters. The van der Waals surface area contributed by atoms with Crippen LogP contribution in [-0.4, -0.2) is 54.2 Å². The van der Waals surface area contributed by atoms with Gasteiger partial charge in [0.2, 0.25) is 0 Å². The molecule has 0 aromatic heterocycles. The molecule has 1 saturated carbocycles. The number of halogens is 1. The standard InChI is InChI=1S/C17H28N2O4S.ClH/c1-2-18(15-9-5-3-6-10-15)13-17(20)14-19(24(21,22)23)16-11-7-4-8-12-16;/h3,5-6,9-10,16-17,20H,2,4,7-8,11-14H2,1H3,(H,21,22,23);1H. The first kappa shape index (κ1) is 22.2. The van der Waals surface area contributed by atoms with Gasteiger partial charge in [-0.25, -0.2) is 0 Å². The average Bonchev–Trinajstić information content (AvgIpc) is 2.58. The van der Waals surface area contributed by atoms with Crippen molar-refractivity contribution in [1.29, 1.82) is 0 Å². The van der Waals surface area contributed by atoms with E-state index in [2.05, 4.69) is 0 Å². The van der Waals surface area contributed by atoms with E-state index in [9.17, 15) is 18.1 Å². The maximum atomic E-state index is 11.7. The molecule has 8 heteroatoms. The van der Waals surface area contributed by atoms with Gasteiger partial charge in [-0.05, 0) is 31.9 Å². The SMILES string of the molecule is CCN(CC(O)CN(C1CCCCC1)S(=O)(=O)O)c1ccccc1.Cl. The van der Waals surface area contributed by atoms with Crippen molar-refractivity contribution in [2.24, 2.45) is 0 Å². The molecule has 0 saturated heterocycles. The Morgan fingerprint density at radius 3 is 2.24 bits per heavy atom. The average molecular weight is 393 g/mol. The highest BCUT2D eigenvalue weighted by Gasteiger charge is 2.31. The van der Waals surface area contributed by atoms with E-state index in [0.717, 1.165) is 42.1 Å². The first-order valence-electron chi connectivity index (χ1n) is 8.64. The van der Waals surface area contributed by atoms with Gasteiger partial charge in [0.25, 0.3) is 0 Å². The van der Waals surface area contributed by atoms with Crippen LogP contribution in [0.1, 0.15) is 39.0 Å². The van der Waals surface area contributed by atoms with E-state index in [1.807, 2.05) is 42.2 Å². The lowest BCUT2D eigenvalue weighted by atomic mass is 9.95. The Morgan fingerprint density at radius 1 is 1.12 bits per heavy atom. The first-order chi connectivity index (χ1) is 11.4. The highest BCUT2D eigenvalue weighted by Crippen LogP contribution is 2.24. The number of anilines is 1. The molecule has 0 bridgehead atoms. The van der Waals surface area contributed by atoms with Crippen LogP contribution in [0.5, 0.6) is 0 Å². The number of hydrogen-bond donors (Lipinski definition) is 2. The molecule has 1 aromatic carbocycles. The third-order valence-electron chi connectivity index (χ3n) is 4.60. The van der Waals surface area contributed by atoms with E-state index in [-0.39, 0.29) is 25.0 Å². The molecule has 1 atom stereocenters. The molecule has 0 aliphatic heterocycles. The number of rotatable bonds is 8. The normalized spacial score (nSPS) is 17.1. The van der Waals surface area contributed by atoms with Crippen molar-refractivity contribution < 1.29 is 18.1 Å². The first-order valence-corrected chi connectivity index (χ1v) is 10.0. The molecule has 1 fully saturated rings. The van der Waals surface area contributed by atoms with Crippen molar-refractivity contribution in [3.05, 3.63) is 30.3 Å². The van der Waals surface area contributed by atoms with Gasteiger partial charge in [-0.1, -0.05) is 37.5 Å². The van der Waals surface area contributed by atoms with Crippen molar-refractivity contribution >= 4 is 28.4 Å². The zero-order valence-electron chi connectivity index (χ0n) is 14.6. The number of aliphatic hydroxyl groups is 1. The van der Waals surface area contributed by atoms with Crippen molar-refractivity contribution in [1.82, 2.24) is 4.31 Å². The zero-order chi connectivity index (χ0) is 17.6. The third-order valence-corrected chi connectivity index (χ3v) is 5.64. The number of hydrogen-bond acceptors (Lipinski definition) is 4. The Hall–Kier alpha value is -0.860. The molecule has 2 N–H and O–H groups in total. The molecule has 25 heavy (non-hydrogen) atoms. The van der Waals surface area contributed by atoms with E-state index in [4.69, 9.17) is 0 Å². The van der Waals surface area contributed by atoms with Crippen LogP contribution in [0, 0.1) is 0 Å². The van der Waals surface area contributed by atoms with Crippen molar-refractivity contribution in [3.8, 4) is 0 Å². The Labute approximate surface area is 157 Å². The highest BCUT2D eigenvalue weighted by molar-refractivity contribution is 7.83. The van der Waals surface area contributed by atoms with Crippen LogP contribution in [0.4, 0.5) is 5.69 Å². The van der Waals surface area contributed by atoms with Crippen LogP contribution in [0.25, 0.3) is 0 Å². The molecular weight excluding hydrogens is 364 g/mol. The van der Waals surface area contributed by atoms with E-state index < -0.39 is 16.4 Å². The summed E-state index contributed by atoms with van der Waals surface area (Å²) >= 11 is 0. The third kappa shape index (κ3) is 6.75. The highest BCUT2D eigenvalue weighted by atomic mass is 35.5. The summed E-state index contributed by atoms with van der Waals surface area (Å²) in [5, 5.41) is 10.4. The predicted molar refractivity (Wildman–Crippen MR) is 103 cm³/mol. The number of aliphatic hydroxyl groups excluding tert-OH is 1. The summed E-state index contributed by atoms with van der Waals surface area (Å²) in [5.74, 6) is 0. The van der Waals surface area contributed by atoms with E-state index in [0.29, 0.717) is 13.1 Å². The molecule has 6 nitrogen and oxygen atoms in total. The minimum Gasteiger partial charge on any atom is -0.390 e. The van der Waals surface area contributed by atoms with Gasteiger partial charge in [0, 0.05) is 31.4 Å². The number of nitrogens with zero attached hydrogens (tertiary/aromatic N) is 2. The molecule has 1 aromatic rings. The quantitative estimate of drug-likeness (QED) is 0.665. The summed E-state index contributed by atoms with van der Waals surface area (Å²) in [6.07, 6.45) is 3.62. The summed E-state index contributed by atoms with van der Waals surface area (Å²) in [4.78, 5) is 1.99. The monoisotopic (exact) mass is 392 g/mol. The van der Waals surface area contributed by atoms with E-state index in [1.165, 1.54) is 0 Å². The van der Waals surface area contributed by atoms with Gasteiger partial charge in [0.05, 0.1) is 6.10 Å². The second-order valence-electron chi connectivity index (χ2n) is 6.37. The summed E-state index contributed by atoms with van der Waals surface area (Å²) in [6.45, 7) is 2.93. The summed E-state index contributed by atoms with van der Waals surface area (Å²) in [6, 6.07) is 9.48. The van der Waals surface area contributed by atoms with Crippen LogP contribution in [-0.2, 0) is 10.3 Å². The van der Waals surface area contributed by atoms with Gasteiger partial charge in [0.15, 0.2) is 0 Å². The Bertz CT molecular complexity index is 594. The molecule has 1 aliphatic rings. The minimum atomic E-state index is -4.31. The lowest BCUT2D eigenvalue weighted by molar-refractivity contribution is 0.120. The van der Waals surface area contributed by atoms with Gasteiger partial charge in [0.1, 0.15) is 0 Å². The maximum absolute atomic E-state index is 11.7. The predicted octanol–water partition coefficient (Wildman–Crippen LogP) is 2.73. The molecule has 144 valence electrons. The summed E-state index contributed by atoms with van der Waals surface area (Å²) in [5.41, 5.74) is 0.982. The second kappa shape index (κ2) is 10.3. The van der Waals surface area contributed by atoms with Crippen LogP contribution >= 0.6 is 12.4 Å². The number of likely N-dealkylation sites (N-methyl/N-ethyl adjacent to an activating group) is 1. The lowest BCUT2D eigenvalue weighted by Gasteiger charge is -2.34. The Kier molecular flexibility index (Phi) is 9.16. The minimum absolute atomic E-state index is 0. The van der Waals surface area contributed by atoms with Gasteiger partial charge in [-0.3, -0.25) is 4.55 Å². The lowest BCUT2D eigenvalue weighted by Crippen LogP contribution is -2.47. The van der Waals surface area contributed by atoms with Crippen molar-refractivity contribution in [2.45, 2.75) is 51.2 Å². The van der Waals surface area contributed by atoms with Gasteiger partial charge in [-0.2, -0.15) is 12.7 Å². The second-order valence-corrected chi connectivity index (χ2v) is 7.73. The summed E-state index contributed by atoms with van der Waals surface area (Å²) < 4.78 is 34.1. The number of benzene rings is 1. The molecule has 0 spiro atoms. The molecular formula is C17H29ClN2O4S. The van der Waals surface area contributed by atoms with E-state index in [1.54, 1.807) is 0 Å². The smallest absolute Gasteiger partial charge is 0.336 e. The van der Waals surface area contributed by atoms with Crippen molar-refractivity contribution in [2.75, 3.05) is 24.5 Å². The zero-order valence-corrected chi connectivity index (χ0v) is 16.3. The van der Waals surface area contributed by atoms with Crippen LogP contribution in [0.15, 0.2) is 30.3 Å². The molecule has 0 radical (unpaired) electrons.